The first-order chi connectivity index (χ1) is 12.2. The Balaban J connectivity index is 2.05. The van der Waals surface area contributed by atoms with Crippen LogP contribution >= 0.6 is 0 Å². The zero-order chi connectivity index (χ0) is 17.6. The summed E-state index contributed by atoms with van der Waals surface area (Å²) in [6, 6.07) is 14.8. The van der Waals surface area contributed by atoms with Crippen LogP contribution in [0.4, 0.5) is 0 Å². The normalized spacial score (nSPS) is 10.8. The van der Waals surface area contributed by atoms with Crippen molar-refractivity contribution in [2.75, 3.05) is 19.7 Å². The fourth-order valence-corrected chi connectivity index (χ4v) is 2.71. The summed E-state index contributed by atoms with van der Waals surface area (Å²) in [5.74, 6) is 0.443. The van der Waals surface area contributed by atoms with E-state index in [1.165, 1.54) is 0 Å². The molecule has 0 fully saturated rings. The number of aromatic nitrogens is 2. The number of benzene rings is 1. The van der Waals surface area contributed by atoms with Crippen molar-refractivity contribution in [3.63, 3.8) is 0 Å². The van der Waals surface area contributed by atoms with Gasteiger partial charge in [-0.3, -0.25) is 4.79 Å². The van der Waals surface area contributed by atoms with Crippen LogP contribution in [0.3, 0.4) is 0 Å². The molecule has 0 unspecified atom stereocenters. The minimum Gasteiger partial charge on any atom is -0.463 e. The topological polar surface area (TPSA) is 71.5 Å². The zero-order valence-electron chi connectivity index (χ0n) is 14.1. The number of carbonyl (C=O) groups excluding carboxylic acids is 1. The van der Waals surface area contributed by atoms with Crippen molar-refractivity contribution < 1.29 is 14.3 Å². The molecular formula is C19H21N3O3. The van der Waals surface area contributed by atoms with E-state index in [9.17, 15) is 9.90 Å². The fourth-order valence-electron chi connectivity index (χ4n) is 2.71. The molecule has 1 amide bonds. The van der Waals surface area contributed by atoms with Crippen molar-refractivity contribution in [2.24, 2.45) is 0 Å². The van der Waals surface area contributed by atoms with E-state index in [-0.39, 0.29) is 12.5 Å². The number of amides is 1. The first-order valence-corrected chi connectivity index (χ1v) is 8.34. The SMILES string of the molecule is CCCN(CCO)C(=O)c1cc(-c2ccco2)nn1-c1ccccc1. The van der Waals surface area contributed by atoms with E-state index in [1.807, 2.05) is 43.3 Å². The van der Waals surface area contributed by atoms with Crippen molar-refractivity contribution in [3.8, 4) is 17.1 Å². The summed E-state index contributed by atoms with van der Waals surface area (Å²) in [6.07, 6.45) is 2.39. The number of aliphatic hydroxyl groups excluding tert-OH is 1. The summed E-state index contributed by atoms with van der Waals surface area (Å²) < 4.78 is 7.04. The Morgan fingerprint density at radius 2 is 2.00 bits per heavy atom. The Hall–Kier alpha value is -2.86. The lowest BCUT2D eigenvalue weighted by molar-refractivity contribution is 0.0713. The Kier molecular flexibility index (Phi) is 5.30. The van der Waals surface area contributed by atoms with E-state index < -0.39 is 0 Å². The van der Waals surface area contributed by atoms with E-state index in [1.54, 1.807) is 28.0 Å². The van der Waals surface area contributed by atoms with E-state index in [4.69, 9.17) is 4.42 Å². The zero-order valence-corrected chi connectivity index (χ0v) is 14.1. The van der Waals surface area contributed by atoms with E-state index in [0.717, 1.165) is 12.1 Å². The number of carbonyl (C=O) groups is 1. The number of furan rings is 1. The summed E-state index contributed by atoms with van der Waals surface area (Å²) >= 11 is 0. The average Bonchev–Trinajstić information content (AvgIpc) is 3.31. The molecule has 6 nitrogen and oxygen atoms in total. The number of para-hydroxylation sites is 1. The third-order valence-corrected chi connectivity index (χ3v) is 3.85. The molecule has 0 atom stereocenters. The van der Waals surface area contributed by atoms with Crippen LogP contribution in [0.25, 0.3) is 17.1 Å². The van der Waals surface area contributed by atoms with Crippen LogP contribution in [0.15, 0.2) is 59.2 Å². The number of rotatable bonds is 7. The van der Waals surface area contributed by atoms with Crippen molar-refractivity contribution >= 4 is 5.91 Å². The second-order valence-corrected chi connectivity index (χ2v) is 5.66. The van der Waals surface area contributed by atoms with Gasteiger partial charge in [0, 0.05) is 19.2 Å². The second-order valence-electron chi connectivity index (χ2n) is 5.66. The first kappa shape index (κ1) is 17.0. The fraction of sp³-hybridized carbons (Fsp3) is 0.263. The lowest BCUT2D eigenvalue weighted by atomic mass is 10.2. The summed E-state index contributed by atoms with van der Waals surface area (Å²) in [7, 11) is 0. The molecule has 3 aromatic rings. The van der Waals surface area contributed by atoms with Gasteiger partial charge in [-0.2, -0.15) is 5.10 Å². The van der Waals surface area contributed by atoms with Gasteiger partial charge in [0.2, 0.25) is 0 Å². The van der Waals surface area contributed by atoms with Crippen molar-refractivity contribution in [2.45, 2.75) is 13.3 Å². The Morgan fingerprint density at radius 3 is 2.64 bits per heavy atom. The molecule has 0 aliphatic heterocycles. The number of nitrogens with zero attached hydrogens (tertiary/aromatic N) is 3. The highest BCUT2D eigenvalue weighted by atomic mass is 16.3. The molecule has 3 rings (SSSR count). The predicted octanol–water partition coefficient (Wildman–Crippen LogP) is 2.98. The quantitative estimate of drug-likeness (QED) is 0.718. The molecule has 0 spiro atoms. The average molecular weight is 339 g/mol. The van der Waals surface area contributed by atoms with Gasteiger partial charge in [0.25, 0.3) is 5.91 Å². The summed E-state index contributed by atoms with van der Waals surface area (Å²) in [5.41, 5.74) is 1.83. The summed E-state index contributed by atoms with van der Waals surface area (Å²) in [5, 5.41) is 13.8. The highest BCUT2D eigenvalue weighted by molar-refractivity contribution is 5.94. The van der Waals surface area contributed by atoms with Gasteiger partial charge >= 0.3 is 0 Å². The highest BCUT2D eigenvalue weighted by Crippen LogP contribution is 2.23. The third-order valence-electron chi connectivity index (χ3n) is 3.85. The van der Waals surface area contributed by atoms with Gasteiger partial charge in [-0.05, 0) is 30.7 Å². The number of hydrogen-bond donors (Lipinski definition) is 1. The summed E-state index contributed by atoms with van der Waals surface area (Å²) in [6.45, 7) is 2.80. The maximum Gasteiger partial charge on any atom is 0.272 e. The van der Waals surface area contributed by atoms with Crippen LogP contribution in [0.2, 0.25) is 0 Å². The minimum absolute atomic E-state index is 0.0732. The monoisotopic (exact) mass is 339 g/mol. The second kappa shape index (κ2) is 7.81. The molecule has 1 N–H and O–H groups in total. The molecular weight excluding hydrogens is 318 g/mol. The van der Waals surface area contributed by atoms with Gasteiger partial charge in [-0.15, -0.1) is 0 Å². The standard InChI is InChI=1S/C19H21N3O3/c1-2-10-21(11-12-23)19(24)17-14-16(18-9-6-13-25-18)20-22(17)15-7-4-3-5-8-15/h3-9,13-14,23H,2,10-12H2,1H3. The molecule has 0 aliphatic rings. The number of hydrogen-bond acceptors (Lipinski definition) is 4. The molecule has 130 valence electrons. The van der Waals surface area contributed by atoms with E-state index >= 15 is 0 Å². The maximum atomic E-state index is 13.0. The molecule has 1 aromatic carbocycles. The van der Waals surface area contributed by atoms with Gasteiger partial charge in [0.05, 0.1) is 18.6 Å². The van der Waals surface area contributed by atoms with Crippen LogP contribution in [0.5, 0.6) is 0 Å². The molecule has 0 saturated heterocycles. The molecule has 2 heterocycles. The molecule has 0 radical (unpaired) electrons. The first-order valence-electron chi connectivity index (χ1n) is 8.34. The highest BCUT2D eigenvalue weighted by Gasteiger charge is 2.22. The summed E-state index contributed by atoms with van der Waals surface area (Å²) in [4.78, 5) is 14.7. The van der Waals surface area contributed by atoms with Crippen LogP contribution < -0.4 is 0 Å². The van der Waals surface area contributed by atoms with Crippen molar-refractivity contribution in [1.82, 2.24) is 14.7 Å². The van der Waals surface area contributed by atoms with Crippen LogP contribution in [-0.4, -0.2) is 45.4 Å². The predicted molar refractivity (Wildman–Crippen MR) is 94.5 cm³/mol. The molecule has 25 heavy (non-hydrogen) atoms. The van der Waals surface area contributed by atoms with Gasteiger partial charge < -0.3 is 14.4 Å². The van der Waals surface area contributed by atoms with E-state index in [2.05, 4.69) is 5.10 Å². The molecule has 0 bridgehead atoms. The van der Waals surface area contributed by atoms with Crippen LogP contribution in [-0.2, 0) is 0 Å². The van der Waals surface area contributed by atoms with Gasteiger partial charge in [0.1, 0.15) is 11.4 Å². The molecule has 6 heteroatoms. The van der Waals surface area contributed by atoms with Crippen LogP contribution in [0.1, 0.15) is 23.8 Å². The molecule has 0 saturated carbocycles. The smallest absolute Gasteiger partial charge is 0.272 e. The Labute approximate surface area is 146 Å². The minimum atomic E-state index is -0.162. The largest absolute Gasteiger partial charge is 0.463 e. The van der Waals surface area contributed by atoms with E-state index in [0.29, 0.717) is 30.2 Å². The third kappa shape index (κ3) is 3.64. The van der Waals surface area contributed by atoms with Crippen LogP contribution in [0, 0.1) is 0 Å². The van der Waals surface area contributed by atoms with Crippen molar-refractivity contribution in [3.05, 3.63) is 60.5 Å². The lowest BCUT2D eigenvalue weighted by Gasteiger charge is -2.21. The molecule has 0 aliphatic carbocycles. The Bertz CT molecular complexity index is 804. The molecule has 2 aromatic heterocycles. The maximum absolute atomic E-state index is 13.0. The van der Waals surface area contributed by atoms with Gasteiger partial charge in [-0.25, -0.2) is 4.68 Å². The van der Waals surface area contributed by atoms with Gasteiger partial charge in [0.15, 0.2) is 5.76 Å². The number of aliphatic hydroxyl groups is 1. The van der Waals surface area contributed by atoms with Gasteiger partial charge in [-0.1, -0.05) is 25.1 Å². The lowest BCUT2D eigenvalue weighted by Crippen LogP contribution is -2.35. The Morgan fingerprint density at radius 1 is 1.20 bits per heavy atom. The van der Waals surface area contributed by atoms with Crippen molar-refractivity contribution in [1.29, 1.82) is 0 Å².